The summed E-state index contributed by atoms with van der Waals surface area (Å²) in [6.07, 6.45) is 10.2. The van der Waals surface area contributed by atoms with Gasteiger partial charge in [-0.15, -0.1) is 0 Å². The van der Waals surface area contributed by atoms with Crippen molar-refractivity contribution < 1.29 is 0 Å². The van der Waals surface area contributed by atoms with Crippen LogP contribution in [0.5, 0.6) is 0 Å². The molecule has 2 N–H and O–H groups in total. The lowest BCUT2D eigenvalue weighted by atomic mass is 10.1. The van der Waals surface area contributed by atoms with E-state index in [1.54, 1.807) is 0 Å². The zero-order valence-corrected chi connectivity index (χ0v) is 9.50. The summed E-state index contributed by atoms with van der Waals surface area (Å²) < 4.78 is 0. The zero-order valence-electron chi connectivity index (χ0n) is 9.50. The molecule has 1 aliphatic rings. The maximum Gasteiger partial charge on any atom is 0.106 e. The van der Waals surface area contributed by atoms with Crippen LogP contribution in [0.25, 0.3) is 0 Å². The van der Waals surface area contributed by atoms with Gasteiger partial charge in [0.1, 0.15) is 5.82 Å². The van der Waals surface area contributed by atoms with Gasteiger partial charge in [0.25, 0.3) is 0 Å². The molecule has 1 aliphatic carbocycles. The second-order valence-corrected chi connectivity index (χ2v) is 4.67. The molecule has 1 aromatic heterocycles. The van der Waals surface area contributed by atoms with E-state index in [-0.39, 0.29) is 0 Å². The third-order valence-electron chi connectivity index (χ3n) is 3.02. The maximum absolute atomic E-state index is 4.21. The third kappa shape index (κ3) is 4.04. The number of aryl methyl sites for hydroxylation is 1. The highest BCUT2D eigenvalue weighted by molar-refractivity contribution is 4.87. The van der Waals surface area contributed by atoms with Crippen molar-refractivity contribution in [3.8, 4) is 0 Å². The maximum atomic E-state index is 4.21. The first-order chi connectivity index (χ1) is 7.34. The van der Waals surface area contributed by atoms with E-state index in [9.17, 15) is 0 Å². The van der Waals surface area contributed by atoms with Crippen LogP contribution in [0.3, 0.4) is 0 Å². The van der Waals surface area contributed by atoms with Crippen molar-refractivity contribution in [2.24, 2.45) is 5.92 Å². The van der Waals surface area contributed by atoms with Gasteiger partial charge in [-0.1, -0.05) is 12.8 Å². The normalized spacial score (nSPS) is 17.9. The van der Waals surface area contributed by atoms with E-state index in [1.807, 2.05) is 12.4 Å². The van der Waals surface area contributed by atoms with E-state index in [0.29, 0.717) is 6.04 Å². The Hall–Kier alpha value is -0.830. The average molecular weight is 207 g/mol. The molecule has 0 spiro atoms. The van der Waals surface area contributed by atoms with Crippen LogP contribution >= 0.6 is 0 Å². The Morgan fingerprint density at radius 1 is 1.60 bits per heavy atom. The molecule has 3 heteroatoms. The molecule has 2 rings (SSSR count). The quantitative estimate of drug-likeness (QED) is 0.672. The van der Waals surface area contributed by atoms with Gasteiger partial charge in [-0.2, -0.15) is 0 Å². The Morgan fingerprint density at radius 2 is 2.47 bits per heavy atom. The molecule has 0 amide bonds. The number of nitrogens with zero attached hydrogens (tertiary/aromatic N) is 1. The van der Waals surface area contributed by atoms with Crippen LogP contribution in [0.4, 0.5) is 0 Å². The van der Waals surface area contributed by atoms with E-state index in [0.717, 1.165) is 24.7 Å². The van der Waals surface area contributed by atoms with Gasteiger partial charge in [0, 0.05) is 24.9 Å². The van der Waals surface area contributed by atoms with Crippen LogP contribution in [-0.4, -0.2) is 22.6 Å². The van der Waals surface area contributed by atoms with Crippen molar-refractivity contribution >= 4 is 0 Å². The Balaban J connectivity index is 1.50. The zero-order chi connectivity index (χ0) is 10.5. The van der Waals surface area contributed by atoms with Gasteiger partial charge in [-0.3, -0.25) is 0 Å². The average Bonchev–Trinajstić information content (AvgIpc) is 2.87. The van der Waals surface area contributed by atoms with Crippen molar-refractivity contribution in [3.05, 3.63) is 18.2 Å². The SMILES string of the molecule is CC(CC1CC1)NCCCc1ncc[nH]1. The first-order valence-corrected chi connectivity index (χ1v) is 6.06. The predicted molar refractivity (Wildman–Crippen MR) is 61.7 cm³/mol. The van der Waals surface area contributed by atoms with Gasteiger partial charge in [-0.05, 0) is 32.2 Å². The van der Waals surface area contributed by atoms with Crippen molar-refractivity contribution in [1.29, 1.82) is 0 Å². The van der Waals surface area contributed by atoms with Crippen LogP contribution < -0.4 is 5.32 Å². The molecule has 0 saturated heterocycles. The number of imidazole rings is 1. The first-order valence-electron chi connectivity index (χ1n) is 6.06. The van der Waals surface area contributed by atoms with E-state index < -0.39 is 0 Å². The number of nitrogens with one attached hydrogen (secondary N) is 2. The van der Waals surface area contributed by atoms with Crippen LogP contribution in [0.15, 0.2) is 12.4 Å². The fourth-order valence-electron chi connectivity index (χ4n) is 1.98. The molecule has 1 unspecified atom stereocenters. The molecule has 15 heavy (non-hydrogen) atoms. The summed E-state index contributed by atoms with van der Waals surface area (Å²) in [5.41, 5.74) is 0. The number of aromatic amines is 1. The minimum absolute atomic E-state index is 0.689. The van der Waals surface area contributed by atoms with Crippen LogP contribution in [0.2, 0.25) is 0 Å². The topological polar surface area (TPSA) is 40.7 Å². The van der Waals surface area contributed by atoms with Crippen LogP contribution in [0.1, 0.15) is 38.4 Å². The standard InChI is InChI=1S/C12H21N3/c1-10(9-11-4-5-11)13-6-2-3-12-14-7-8-15-12/h7-8,10-11,13H,2-6,9H2,1H3,(H,14,15). The predicted octanol–water partition coefficient (Wildman–Crippen LogP) is 2.12. The van der Waals surface area contributed by atoms with E-state index in [4.69, 9.17) is 0 Å². The second-order valence-electron chi connectivity index (χ2n) is 4.67. The lowest BCUT2D eigenvalue weighted by molar-refractivity contribution is 0.481. The van der Waals surface area contributed by atoms with E-state index in [2.05, 4.69) is 22.2 Å². The minimum Gasteiger partial charge on any atom is -0.349 e. The van der Waals surface area contributed by atoms with Crippen LogP contribution in [-0.2, 0) is 6.42 Å². The first kappa shape index (κ1) is 10.7. The van der Waals surface area contributed by atoms with Gasteiger partial charge in [0.15, 0.2) is 0 Å². The van der Waals surface area contributed by atoms with Crippen LogP contribution in [0, 0.1) is 5.92 Å². The largest absolute Gasteiger partial charge is 0.349 e. The van der Waals surface area contributed by atoms with Crippen molar-refractivity contribution in [2.45, 2.75) is 45.1 Å². The molecule has 1 fully saturated rings. The van der Waals surface area contributed by atoms with Crippen molar-refractivity contribution in [3.63, 3.8) is 0 Å². The molecule has 0 aromatic carbocycles. The molecule has 0 radical (unpaired) electrons. The Labute approximate surface area is 91.7 Å². The summed E-state index contributed by atoms with van der Waals surface area (Å²) in [4.78, 5) is 7.34. The van der Waals surface area contributed by atoms with Gasteiger partial charge >= 0.3 is 0 Å². The number of aromatic nitrogens is 2. The molecule has 84 valence electrons. The highest BCUT2D eigenvalue weighted by atomic mass is 14.9. The molecule has 1 atom stereocenters. The number of rotatable bonds is 7. The molecule has 1 saturated carbocycles. The molecule has 0 bridgehead atoms. The van der Waals surface area contributed by atoms with Gasteiger partial charge < -0.3 is 10.3 Å². The molecule has 3 nitrogen and oxygen atoms in total. The second kappa shape index (κ2) is 5.31. The summed E-state index contributed by atoms with van der Waals surface area (Å²) in [5.74, 6) is 2.13. The third-order valence-corrected chi connectivity index (χ3v) is 3.02. The highest BCUT2D eigenvalue weighted by Gasteiger charge is 2.22. The number of H-pyrrole nitrogens is 1. The summed E-state index contributed by atoms with van der Waals surface area (Å²) >= 11 is 0. The van der Waals surface area contributed by atoms with Crippen molar-refractivity contribution in [1.82, 2.24) is 15.3 Å². The molecule has 0 aliphatic heterocycles. The Kier molecular flexibility index (Phi) is 3.78. The fraction of sp³-hybridized carbons (Fsp3) is 0.750. The van der Waals surface area contributed by atoms with Crippen molar-refractivity contribution in [2.75, 3.05) is 6.54 Å². The number of hydrogen-bond donors (Lipinski definition) is 2. The van der Waals surface area contributed by atoms with Gasteiger partial charge in [0.2, 0.25) is 0 Å². The highest BCUT2D eigenvalue weighted by Crippen LogP contribution is 2.33. The molecular formula is C12H21N3. The van der Waals surface area contributed by atoms with E-state index >= 15 is 0 Å². The fourth-order valence-corrected chi connectivity index (χ4v) is 1.98. The Morgan fingerprint density at radius 3 is 3.13 bits per heavy atom. The monoisotopic (exact) mass is 207 g/mol. The number of hydrogen-bond acceptors (Lipinski definition) is 2. The van der Waals surface area contributed by atoms with E-state index in [1.165, 1.54) is 25.7 Å². The van der Waals surface area contributed by atoms with Gasteiger partial charge in [-0.25, -0.2) is 4.98 Å². The molecule has 1 heterocycles. The van der Waals surface area contributed by atoms with Gasteiger partial charge in [0.05, 0.1) is 0 Å². The smallest absolute Gasteiger partial charge is 0.106 e. The molecular weight excluding hydrogens is 186 g/mol. The summed E-state index contributed by atoms with van der Waals surface area (Å²) in [7, 11) is 0. The summed E-state index contributed by atoms with van der Waals surface area (Å²) in [5, 5.41) is 3.57. The minimum atomic E-state index is 0.689. The Bertz CT molecular complexity index is 264. The molecule has 1 aromatic rings. The lowest BCUT2D eigenvalue weighted by Gasteiger charge is -2.12. The summed E-state index contributed by atoms with van der Waals surface area (Å²) in [6.45, 7) is 3.40. The lowest BCUT2D eigenvalue weighted by Crippen LogP contribution is -2.27. The summed E-state index contributed by atoms with van der Waals surface area (Å²) in [6, 6.07) is 0.689.